The standard InChI is InChI=1S/C16H18N2O5S/c1-3-13-5-4-6-15(16(13)18(19)20)24(21,22)17-11-12-7-9-14(23-2)10-8-12/h4-10,17H,3,11H2,1-2H3. The van der Waals surface area contributed by atoms with Gasteiger partial charge in [-0.3, -0.25) is 10.1 Å². The van der Waals surface area contributed by atoms with Crippen molar-refractivity contribution in [3.63, 3.8) is 0 Å². The Kier molecular flexibility index (Phi) is 5.53. The summed E-state index contributed by atoms with van der Waals surface area (Å²) in [5.74, 6) is 0.660. The zero-order valence-corrected chi connectivity index (χ0v) is 14.2. The van der Waals surface area contributed by atoms with Crippen molar-refractivity contribution in [2.45, 2.75) is 24.8 Å². The molecule has 128 valence electrons. The van der Waals surface area contributed by atoms with Crippen molar-refractivity contribution in [3.05, 3.63) is 63.7 Å². The molecule has 0 heterocycles. The van der Waals surface area contributed by atoms with Crippen LogP contribution in [0.4, 0.5) is 5.69 Å². The predicted octanol–water partition coefficient (Wildman–Crippen LogP) is 2.64. The monoisotopic (exact) mass is 350 g/mol. The van der Waals surface area contributed by atoms with Crippen molar-refractivity contribution in [1.29, 1.82) is 0 Å². The molecule has 0 radical (unpaired) electrons. The fourth-order valence-electron chi connectivity index (χ4n) is 2.28. The van der Waals surface area contributed by atoms with Crippen molar-refractivity contribution in [2.24, 2.45) is 0 Å². The zero-order valence-electron chi connectivity index (χ0n) is 13.4. The average molecular weight is 350 g/mol. The molecule has 0 aliphatic carbocycles. The molecule has 7 nitrogen and oxygen atoms in total. The SMILES string of the molecule is CCc1cccc(S(=O)(=O)NCc2ccc(OC)cc2)c1[N+](=O)[O-]. The van der Waals surface area contributed by atoms with Gasteiger partial charge in [0.05, 0.1) is 12.0 Å². The second kappa shape index (κ2) is 7.41. The number of methoxy groups -OCH3 is 1. The molecule has 0 saturated heterocycles. The van der Waals surface area contributed by atoms with Crippen molar-refractivity contribution in [1.82, 2.24) is 4.72 Å². The Hall–Kier alpha value is -2.45. The number of aryl methyl sites for hydroxylation is 1. The van der Waals surface area contributed by atoms with Gasteiger partial charge in [0.2, 0.25) is 10.0 Å². The van der Waals surface area contributed by atoms with Crippen molar-refractivity contribution < 1.29 is 18.1 Å². The van der Waals surface area contributed by atoms with E-state index in [1.165, 1.54) is 19.2 Å². The fraction of sp³-hybridized carbons (Fsp3) is 0.250. The van der Waals surface area contributed by atoms with E-state index in [4.69, 9.17) is 4.74 Å². The number of rotatable bonds is 7. The number of benzene rings is 2. The van der Waals surface area contributed by atoms with Crippen molar-refractivity contribution in [2.75, 3.05) is 7.11 Å². The van der Waals surface area contributed by atoms with Gasteiger partial charge < -0.3 is 4.74 Å². The van der Waals surface area contributed by atoms with Crippen LogP contribution in [0.5, 0.6) is 5.75 Å². The van der Waals surface area contributed by atoms with Crippen molar-refractivity contribution in [3.8, 4) is 5.75 Å². The summed E-state index contributed by atoms with van der Waals surface area (Å²) in [5.41, 5.74) is 0.725. The summed E-state index contributed by atoms with van der Waals surface area (Å²) in [7, 11) is -2.47. The Balaban J connectivity index is 2.28. The van der Waals surface area contributed by atoms with Gasteiger partial charge in [0.15, 0.2) is 4.90 Å². The summed E-state index contributed by atoms with van der Waals surface area (Å²) >= 11 is 0. The molecule has 1 N–H and O–H groups in total. The van der Waals surface area contributed by atoms with Gasteiger partial charge in [0, 0.05) is 12.1 Å². The molecule has 0 bridgehead atoms. The first-order valence-electron chi connectivity index (χ1n) is 7.28. The minimum Gasteiger partial charge on any atom is -0.497 e. The number of hydrogen-bond donors (Lipinski definition) is 1. The van der Waals surface area contributed by atoms with Crippen LogP contribution in [0.1, 0.15) is 18.1 Å². The lowest BCUT2D eigenvalue weighted by molar-refractivity contribution is -0.388. The predicted molar refractivity (Wildman–Crippen MR) is 89.5 cm³/mol. The van der Waals surface area contributed by atoms with E-state index in [1.54, 1.807) is 37.3 Å². The van der Waals surface area contributed by atoms with Gasteiger partial charge in [-0.2, -0.15) is 0 Å². The summed E-state index contributed by atoms with van der Waals surface area (Å²) in [5, 5.41) is 11.3. The Bertz CT molecular complexity index is 832. The van der Waals surface area contributed by atoms with Crippen LogP contribution in [0.3, 0.4) is 0 Å². The molecular formula is C16H18N2O5S. The third kappa shape index (κ3) is 3.90. The molecule has 2 aromatic rings. The van der Waals surface area contributed by atoms with Crippen LogP contribution in [-0.4, -0.2) is 20.5 Å². The first kappa shape index (κ1) is 17.9. The van der Waals surface area contributed by atoms with Crippen LogP contribution >= 0.6 is 0 Å². The number of nitro groups is 1. The maximum Gasteiger partial charge on any atom is 0.292 e. The van der Waals surface area contributed by atoms with Gasteiger partial charge in [-0.05, 0) is 30.2 Å². The number of nitro benzene ring substituents is 1. The van der Waals surface area contributed by atoms with Gasteiger partial charge in [-0.1, -0.05) is 31.2 Å². The van der Waals surface area contributed by atoms with Gasteiger partial charge in [-0.25, -0.2) is 13.1 Å². The number of ether oxygens (including phenoxy) is 1. The minimum absolute atomic E-state index is 0.0276. The molecule has 2 rings (SSSR count). The number of nitrogens with one attached hydrogen (secondary N) is 1. The van der Waals surface area contributed by atoms with E-state index in [0.717, 1.165) is 0 Å². The molecule has 24 heavy (non-hydrogen) atoms. The van der Waals surface area contributed by atoms with Crippen LogP contribution < -0.4 is 9.46 Å². The lowest BCUT2D eigenvalue weighted by atomic mass is 10.1. The van der Waals surface area contributed by atoms with Gasteiger partial charge >= 0.3 is 0 Å². The second-order valence-electron chi connectivity index (χ2n) is 5.05. The highest BCUT2D eigenvalue weighted by atomic mass is 32.2. The molecule has 0 aliphatic heterocycles. The molecular weight excluding hydrogens is 332 g/mol. The lowest BCUT2D eigenvalue weighted by Gasteiger charge is -2.10. The Labute approximate surface area is 140 Å². The number of sulfonamides is 1. The van der Waals surface area contributed by atoms with Gasteiger partial charge in [0.1, 0.15) is 5.75 Å². The highest BCUT2D eigenvalue weighted by Gasteiger charge is 2.27. The number of nitrogens with zero attached hydrogens (tertiary/aromatic N) is 1. The number of para-hydroxylation sites is 1. The highest BCUT2D eigenvalue weighted by Crippen LogP contribution is 2.28. The average Bonchev–Trinajstić information content (AvgIpc) is 2.59. The van der Waals surface area contributed by atoms with E-state index in [1.807, 2.05) is 0 Å². The van der Waals surface area contributed by atoms with E-state index in [2.05, 4.69) is 4.72 Å². The molecule has 2 aromatic carbocycles. The third-order valence-electron chi connectivity index (χ3n) is 3.56. The molecule has 0 saturated carbocycles. The first-order chi connectivity index (χ1) is 11.4. The minimum atomic E-state index is -4.01. The summed E-state index contributed by atoms with van der Waals surface area (Å²) in [6.45, 7) is 1.77. The van der Waals surface area contributed by atoms with E-state index < -0.39 is 14.9 Å². The molecule has 8 heteroatoms. The number of hydrogen-bond acceptors (Lipinski definition) is 5. The van der Waals surface area contributed by atoms with Crippen LogP contribution in [0.15, 0.2) is 47.4 Å². The van der Waals surface area contributed by atoms with E-state index in [0.29, 0.717) is 23.3 Å². The summed E-state index contributed by atoms with van der Waals surface area (Å²) < 4.78 is 32.4. The molecule has 0 amide bonds. The Morgan fingerprint density at radius 2 is 1.83 bits per heavy atom. The lowest BCUT2D eigenvalue weighted by Crippen LogP contribution is -2.24. The molecule has 0 aliphatic rings. The maximum atomic E-state index is 12.5. The van der Waals surface area contributed by atoms with Crippen LogP contribution in [-0.2, 0) is 23.0 Å². The van der Waals surface area contributed by atoms with Crippen LogP contribution in [0, 0.1) is 10.1 Å². The quantitative estimate of drug-likeness (QED) is 0.611. The first-order valence-corrected chi connectivity index (χ1v) is 8.76. The normalized spacial score (nSPS) is 11.2. The van der Waals surface area contributed by atoms with E-state index >= 15 is 0 Å². The van der Waals surface area contributed by atoms with Crippen LogP contribution in [0.2, 0.25) is 0 Å². The summed E-state index contributed by atoms with van der Waals surface area (Å²) in [6, 6.07) is 11.2. The summed E-state index contributed by atoms with van der Waals surface area (Å²) in [4.78, 5) is 10.3. The Morgan fingerprint density at radius 3 is 2.38 bits per heavy atom. The topological polar surface area (TPSA) is 98.5 Å². The maximum absolute atomic E-state index is 12.5. The largest absolute Gasteiger partial charge is 0.497 e. The second-order valence-corrected chi connectivity index (χ2v) is 6.78. The molecule has 0 atom stereocenters. The van der Waals surface area contributed by atoms with Gasteiger partial charge in [-0.15, -0.1) is 0 Å². The zero-order chi connectivity index (χ0) is 17.7. The highest BCUT2D eigenvalue weighted by molar-refractivity contribution is 7.89. The smallest absolute Gasteiger partial charge is 0.292 e. The van der Waals surface area contributed by atoms with Crippen LogP contribution in [0.25, 0.3) is 0 Å². The molecule has 0 spiro atoms. The fourth-order valence-corrected chi connectivity index (χ4v) is 3.51. The molecule has 0 aromatic heterocycles. The van der Waals surface area contributed by atoms with Gasteiger partial charge in [0.25, 0.3) is 5.69 Å². The Morgan fingerprint density at radius 1 is 1.17 bits per heavy atom. The van der Waals surface area contributed by atoms with E-state index in [9.17, 15) is 18.5 Å². The van der Waals surface area contributed by atoms with E-state index in [-0.39, 0.29) is 17.1 Å². The third-order valence-corrected chi connectivity index (χ3v) is 4.99. The summed E-state index contributed by atoms with van der Waals surface area (Å²) in [6.07, 6.45) is 0.373. The molecule has 0 unspecified atom stereocenters. The van der Waals surface area contributed by atoms with Crippen molar-refractivity contribution >= 4 is 15.7 Å². The molecule has 0 fully saturated rings.